The first-order valence-corrected chi connectivity index (χ1v) is 10.9. The van der Waals surface area contributed by atoms with E-state index in [2.05, 4.69) is 22.7 Å². The monoisotopic (exact) mass is 460 g/mol. The second kappa shape index (κ2) is 10.7. The lowest BCUT2D eigenvalue weighted by molar-refractivity contribution is 0.306. The van der Waals surface area contributed by atoms with Crippen LogP contribution in [0.2, 0.25) is 5.02 Å². The second-order valence-corrected chi connectivity index (χ2v) is 7.77. The van der Waals surface area contributed by atoms with Gasteiger partial charge in [-0.3, -0.25) is 0 Å². The number of halogens is 1. The van der Waals surface area contributed by atoms with Crippen LogP contribution >= 0.6 is 11.6 Å². The molecule has 0 radical (unpaired) electrons. The fraction of sp³-hybridized carbons (Fsp3) is 0.148. The van der Waals surface area contributed by atoms with Crippen LogP contribution in [0.1, 0.15) is 16.7 Å². The summed E-state index contributed by atoms with van der Waals surface area (Å²) in [6.07, 6.45) is 1.80. The predicted molar refractivity (Wildman–Crippen MR) is 134 cm³/mol. The molecule has 0 fully saturated rings. The molecular weight excluding hydrogens is 436 g/mol. The molecule has 0 aromatic heterocycles. The van der Waals surface area contributed by atoms with Crippen molar-refractivity contribution in [1.29, 1.82) is 0 Å². The average molecular weight is 461 g/mol. The molecule has 168 valence electrons. The number of benzene rings is 4. The molecule has 0 saturated carbocycles. The van der Waals surface area contributed by atoms with Gasteiger partial charge in [0.1, 0.15) is 12.4 Å². The molecule has 0 aliphatic rings. The summed E-state index contributed by atoms with van der Waals surface area (Å²) in [5, 5.41) is 7.33. The van der Waals surface area contributed by atoms with E-state index in [4.69, 9.17) is 25.8 Å². The van der Waals surface area contributed by atoms with Crippen molar-refractivity contribution in [3.8, 4) is 17.2 Å². The third-order valence-corrected chi connectivity index (χ3v) is 5.66. The van der Waals surface area contributed by atoms with E-state index in [0.29, 0.717) is 29.7 Å². The minimum atomic E-state index is 0.373. The van der Waals surface area contributed by atoms with E-state index in [0.717, 1.165) is 33.2 Å². The van der Waals surface area contributed by atoms with Crippen molar-refractivity contribution in [3.63, 3.8) is 0 Å². The van der Waals surface area contributed by atoms with Gasteiger partial charge in [0.05, 0.1) is 27.0 Å². The molecular formula is C27H25ClN2O3. The number of nitrogens with one attached hydrogen (secondary N) is 1. The number of hydrazone groups is 1. The minimum absolute atomic E-state index is 0.373. The van der Waals surface area contributed by atoms with Crippen molar-refractivity contribution >= 4 is 28.6 Å². The van der Waals surface area contributed by atoms with Gasteiger partial charge < -0.3 is 19.6 Å². The summed E-state index contributed by atoms with van der Waals surface area (Å²) in [5.41, 5.74) is 5.97. The maximum Gasteiger partial charge on any atom is 0.161 e. The maximum atomic E-state index is 6.29. The topological polar surface area (TPSA) is 52.1 Å². The molecule has 0 aliphatic carbocycles. The van der Waals surface area contributed by atoms with Gasteiger partial charge in [-0.2, -0.15) is 5.10 Å². The van der Waals surface area contributed by atoms with Gasteiger partial charge >= 0.3 is 0 Å². The predicted octanol–water partition coefficient (Wildman–Crippen LogP) is 6.21. The quantitative estimate of drug-likeness (QED) is 0.238. The zero-order valence-corrected chi connectivity index (χ0v) is 19.3. The number of fused-ring (bicyclic) bond motifs is 1. The van der Waals surface area contributed by atoms with Crippen molar-refractivity contribution < 1.29 is 14.2 Å². The molecule has 0 aliphatic heterocycles. The van der Waals surface area contributed by atoms with Gasteiger partial charge in [0, 0.05) is 16.1 Å². The highest BCUT2D eigenvalue weighted by atomic mass is 35.5. The number of ether oxygens (including phenoxy) is 3. The van der Waals surface area contributed by atoms with Crippen LogP contribution in [-0.2, 0) is 13.2 Å². The van der Waals surface area contributed by atoms with E-state index in [1.54, 1.807) is 20.4 Å². The van der Waals surface area contributed by atoms with E-state index < -0.39 is 0 Å². The molecule has 0 spiro atoms. The molecule has 33 heavy (non-hydrogen) atoms. The Morgan fingerprint density at radius 2 is 1.61 bits per heavy atom. The summed E-state index contributed by atoms with van der Waals surface area (Å²) in [6.45, 7) is 0.912. The molecule has 0 saturated heterocycles. The van der Waals surface area contributed by atoms with Gasteiger partial charge in [-0.1, -0.05) is 66.2 Å². The molecule has 0 heterocycles. The van der Waals surface area contributed by atoms with Gasteiger partial charge in [0.25, 0.3) is 0 Å². The third kappa shape index (κ3) is 5.38. The molecule has 4 aromatic carbocycles. The van der Waals surface area contributed by atoms with Crippen LogP contribution in [0.3, 0.4) is 0 Å². The van der Waals surface area contributed by atoms with E-state index in [9.17, 15) is 0 Å². The van der Waals surface area contributed by atoms with Gasteiger partial charge in [-0.25, -0.2) is 0 Å². The molecule has 6 heteroatoms. The number of hydrogen-bond acceptors (Lipinski definition) is 5. The van der Waals surface area contributed by atoms with Crippen molar-refractivity contribution in [3.05, 3.63) is 101 Å². The van der Waals surface area contributed by atoms with Gasteiger partial charge in [0.2, 0.25) is 0 Å². The molecule has 5 nitrogen and oxygen atoms in total. The fourth-order valence-corrected chi connectivity index (χ4v) is 3.73. The van der Waals surface area contributed by atoms with E-state index >= 15 is 0 Å². The Balaban J connectivity index is 1.53. The van der Waals surface area contributed by atoms with Crippen LogP contribution in [0.15, 0.2) is 84.0 Å². The molecule has 0 amide bonds. The minimum Gasteiger partial charge on any atom is -0.493 e. The summed E-state index contributed by atoms with van der Waals surface area (Å²) in [6, 6.07) is 25.6. The van der Waals surface area contributed by atoms with Crippen LogP contribution < -0.4 is 19.6 Å². The van der Waals surface area contributed by atoms with Crippen molar-refractivity contribution in [2.75, 3.05) is 14.2 Å². The number of rotatable bonds is 9. The van der Waals surface area contributed by atoms with Crippen molar-refractivity contribution in [1.82, 2.24) is 5.43 Å². The highest BCUT2D eigenvalue weighted by molar-refractivity contribution is 6.31. The van der Waals surface area contributed by atoms with Crippen molar-refractivity contribution in [2.45, 2.75) is 13.2 Å². The zero-order chi connectivity index (χ0) is 23.0. The smallest absolute Gasteiger partial charge is 0.161 e. The first-order chi connectivity index (χ1) is 16.2. The van der Waals surface area contributed by atoms with E-state index in [-0.39, 0.29) is 0 Å². The Hall–Kier alpha value is -3.70. The molecule has 4 rings (SSSR count). The standard InChI is InChI=1S/C27H25ClN2O3/c1-31-26-13-11-19(15-27(26)32-2)16-29-30-17-23-22-9-5-3-7-20(22)12-14-25(23)33-18-21-8-4-6-10-24(21)28/h3-15,17,29H,16,18H2,1-2H3/b30-17-. The lowest BCUT2D eigenvalue weighted by Crippen LogP contribution is -2.07. The number of methoxy groups -OCH3 is 2. The Bertz CT molecular complexity index is 1270. The first-order valence-electron chi connectivity index (χ1n) is 10.5. The maximum absolute atomic E-state index is 6.29. The summed E-state index contributed by atoms with van der Waals surface area (Å²) < 4.78 is 16.8. The Morgan fingerprint density at radius 3 is 2.42 bits per heavy atom. The van der Waals surface area contributed by atoms with Gasteiger partial charge in [0.15, 0.2) is 11.5 Å². The molecule has 1 N–H and O–H groups in total. The van der Waals surface area contributed by atoms with E-state index in [1.807, 2.05) is 66.7 Å². The molecule has 0 unspecified atom stereocenters. The highest BCUT2D eigenvalue weighted by Crippen LogP contribution is 2.29. The first kappa shape index (κ1) is 22.5. The largest absolute Gasteiger partial charge is 0.493 e. The van der Waals surface area contributed by atoms with Crippen LogP contribution in [0, 0.1) is 0 Å². The van der Waals surface area contributed by atoms with Crippen LogP contribution in [0.5, 0.6) is 17.2 Å². The summed E-state index contributed by atoms with van der Waals surface area (Å²) in [7, 11) is 3.24. The van der Waals surface area contributed by atoms with E-state index in [1.165, 1.54) is 0 Å². The van der Waals surface area contributed by atoms with Crippen molar-refractivity contribution in [2.24, 2.45) is 5.10 Å². The zero-order valence-electron chi connectivity index (χ0n) is 18.5. The second-order valence-electron chi connectivity index (χ2n) is 7.36. The molecule has 0 atom stereocenters. The molecule has 4 aromatic rings. The Kier molecular flexibility index (Phi) is 7.33. The SMILES string of the molecule is COc1ccc(CN/N=C\c2c(OCc3ccccc3Cl)ccc3ccccc23)cc1OC. The summed E-state index contributed by atoms with van der Waals surface area (Å²) in [5.74, 6) is 2.12. The highest BCUT2D eigenvalue weighted by Gasteiger charge is 2.09. The Labute approximate surface area is 198 Å². The summed E-state index contributed by atoms with van der Waals surface area (Å²) >= 11 is 6.29. The average Bonchev–Trinajstić information content (AvgIpc) is 2.86. The lowest BCUT2D eigenvalue weighted by Gasteiger charge is -2.13. The van der Waals surface area contributed by atoms with Crippen LogP contribution in [0.4, 0.5) is 0 Å². The normalized spacial score (nSPS) is 11.0. The summed E-state index contributed by atoms with van der Waals surface area (Å²) in [4.78, 5) is 0. The molecule has 0 bridgehead atoms. The van der Waals surface area contributed by atoms with Gasteiger partial charge in [-0.15, -0.1) is 0 Å². The fourth-order valence-electron chi connectivity index (χ4n) is 3.54. The number of nitrogens with zero attached hydrogens (tertiary/aromatic N) is 1. The van der Waals surface area contributed by atoms with Gasteiger partial charge in [-0.05, 0) is 40.6 Å². The van der Waals surface area contributed by atoms with Crippen LogP contribution in [-0.4, -0.2) is 20.4 Å². The Morgan fingerprint density at radius 1 is 0.848 bits per heavy atom. The number of hydrogen-bond donors (Lipinski definition) is 1. The van der Waals surface area contributed by atoms with Crippen LogP contribution in [0.25, 0.3) is 10.8 Å². The third-order valence-electron chi connectivity index (χ3n) is 5.29. The lowest BCUT2D eigenvalue weighted by atomic mass is 10.0.